The summed E-state index contributed by atoms with van der Waals surface area (Å²) < 4.78 is 11.3. The van der Waals surface area contributed by atoms with Crippen LogP contribution >= 0.6 is 34.8 Å². The molecule has 156 valence electrons. The number of benzene rings is 3. The Bertz CT molecular complexity index is 1070. The molecular formula is C22H18Cl3NO4. The number of hydrogen-bond acceptors (Lipinski definition) is 4. The van der Waals surface area contributed by atoms with Gasteiger partial charge in [0, 0.05) is 27.8 Å². The molecule has 0 aliphatic heterocycles. The lowest BCUT2D eigenvalue weighted by atomic mass is 10.1. The summed E-state index contributed by atoms with van der Waals surface area (Å²) in [6, 6.07) is 15.5. The van der Waals surface area contributed by atoms with E-state index in [4.69, 9.17) is 49.4 Å². The largest absolute Gasteiger partial charge is 0.493 e. The number of carboxylic acid groups (broad SMARTS) is 1. The number of carboxylic acids is 1. The third kappa shape index (κ3) is 5.51. The normalized spacial score (nSPS) is 10.5. The second kappa shape index (κ2) is 9.94. The fraction of sp³-hybridized carbons (Fsp3) is 0.136. The topological polar surface area (TPSA) is 67.8 Å². The summed E-state index contributed by atoms with van der Waals surface area (Å²) in [7, 11) is 1.57. The second-order valence-corrected chi connectivity index (χ2v) is 7.61. The van der Waals surface area contributed by atoms with Gasteiger partial charge in [-0.25, -0.2) is 4.79 Å². The minimum atomic E-state index is -1.06. The smallest absolute Gasteiger partial charge is 0.337 e. The van der Waals surface area contributed by atoms with Gasteiger partial charge in [-0.05, 0) is 48.0 Å². The Balaban J connectivity index is 1.66. The van der Waals surface area contributed by atoms with Crippen LogP contribution in [0.15, 0.2) is 54.6 Å². The van der Waals surface area contributed by atoms with Crippen LogP contribution in [0.1, 0.15) is 21.5 Å². The highest BCUT2D eigenvalue weighted by atomic mass is 35.5. The van der Waals surface area contributed by atoms with Gasteiger partial charge in [0.05, 0.1) is 17.7 Å². The molecule has 0 radical (unpaired) electrons. The molecule has 3 aromatic carbocycles. The number of carbonyl (C=O) groups is 1. The van der Waals surface area contributed by atoms with E-state index in [1.54, 1.807) is 31.4 Å². The van der Waals surface area contributed by atoms with Crippen molar-refractivity contribution in [1.29, 1.82) is 0 Å². The van der Waals surface area contributed by atoms with E-state index in [-0.39, 0.29) is 17.2 Å². The van der Waals surface area contributed by atoms with Crippen LogP contribution < -0.4 is 14.8 Å². The summed E-state index contributed by atoms with van der Waals surface area (Å²) in [6.07, 6.45) is 0. The first-order valence-corrected chi connectivity index (χ1v) is 10.0. The molecule has 0 unspecified atom stereocenters. The van der Waals surface area contributed by atoms with E-state index in [0.29, 0.717) is 33.8 Å². The summed E-state index contributed by atoms with van der Waals surface area (Å²) in [5, 5.41) is 13.5. The standard InChI is InChI=1S/C22H18Cl3NO4/c1-29-21-8-13(11-26-16-5-6-17(22(27)28)19(25)10-16)2-7-20(21)30-12-14-3-4-15(23)9-18(14)24/h2-10,26H,11-12H2,1H3,(H,27,28). The molecule has 0 aromatic heterocycles. The molecule has 8 heteroatoms. The Morgan fingerprint density at radius 2 is 1.77 bits per heavy atom. The van der Waals surface area contributed by atoms with Crippen molar-refractivity contribution in [3.63, 3.8) is 0 Å². The van der Waals surface area contributed by atoms with E-state index >= 15 is 0 Å². The first kappa shape index (κ1) is 22.1. The molecule has 0 saturated heterocycles. The number of nitrogens with one attached hydrogen (secondary N) is 1. The SMILES string of the molecule is COc1cc(CNc2ccc(C(=O)O)c(Cl)c2)ccc1OCc1ccc(Cl)cc1Cl. The predicted molar refractivity (Wildman–Crippen MR) is 120 cm³/mol. The van der Waals surface area contributed by atoms with Crippen molar-refractivity contribution in [3.8, 4) is 11.5 Å². The molecule has 0 bridgehead atoms. The molecule has 0 atom stereocenters. The zero-order valence-electron chi connectivity index (χ0n) is 15.9. The monoisotopic (exact) mass is 465 g/mol. The number of hydrogen-bond donors (Lipinski definition) is 2. The first-order valence-electron chi connectivity index (χ1n) is 8.87. The maximum absolute atomic E-state index is 11.0. The lowest BCUT2D eigenvalue weighted by Gasteiger charge is -2.14. The number of methoxy groups -OCH3 is 1. The molecule has 0 spiro atoms. The van der Waals surface area contributed by atoms with E-state index in [9.17, 15) is 4.79 Å². The third-order valence-corrected chi connectivity index (χ3v) is 5.22. The Labute approximate surface area is 189 Å². The van der Waals surface area contributed by atoms with Crippen LogP contribution in [0.25, 0.3) is 0 Å². The van der Waals surface area contributed by atoms with Crippen molar-refractivity contribution in [3.05, 3.63) is 86.4 Å². The summed E-state index contributed by atoms with van der Waals surface area (Å²) in [6.45, 7) is 0.765. The highest BCUT2D eigenvalue weighted by Gasteiger charge is 2.10. The summed E-state index contributed by atoms with van der Waals surface area (Å²) >= 11 is 18.1. The van der Waals surface area contributed by atoms with Crippen molar-refractivity contribution in [2.75, 3.05) is 12.4 Å². The highest BCUT2D eigenvalue weighted by molar-refractivity contribution is 6.35. The van der Waals surface area contributed by atoms with E-state index < -0.39 is 5.97 Å². The second-order valence-electron chi connectivity index (χ2n) is 6.36. The lowest BCUT2D eigenvalue weighted by molar-refractivity contribution is 0.0697. The maximum Gasteiger partial charge on any atom is 0.337 e. The molecule has 2 N–H and O–H groups in total. The Hall–Kier alpha value is -2.60. The van der Waals surface area contributed by atoms with Crippen LogP contribution in [0, 0.1) is 0 Å². The maximum atomic E-state index is 11.0. The lowest BCUT2D eigenvalue weighted by Crippen LogP contribution is -2.03. The first-order chi connectivity index (χ1) is 14.4. The Morgan fingerprint density at radius 3 is 2.43 bits per heavy atom. The number of aromatic carboxylic acids is 1. The zero-order chi connectivity index (χ0) is 21.7. The van der Waals surface area contributed by atoms with Crippen molar-refractivity contribution in [2.45, 2.75) is 13.2 Å². The van der Waals surface area contributed by atoms with Gasteiger partial charge in [0.25, 0.3) is 0 Å². The number of ether oxygens (including phenoxy) is 2. The molecule has 0 heterocycles. The Morgan fingerprint density at radius 1 is 0.967 bits per heavy atom. The van der Waals surface area contributed by atoms with Gasteiger partial charge < -0.3 is 19.9 Å². The van der Waals surface area contributed by atoms with Gasteiger partial charge >= 0.3 is 5.97 Å². The molecular weight excluding hydrogens is 449 g/mol. The Kier molecular flexibility index (Phi) is 7.32. The number of anilines is 1. The highest BCUT2D eigenvalue weighted by Crippen LogP contribution is 2.31. The van der Waals surface area contributed by atoms with Gasteiger partial charge in [0.15, 0.2) is 11.5 Å². The van der Waals surface area contributed by atoms with Gasteiger partial charge in [0.1, 0.15) is 6.61 Å². The van der Waals surface area contributed by atoms with Crippen LogP contribution in [0.4, 0.5) is 5.69 Å². The van der Waals surface area contributed by atoms with E-state index in [0.717, 1.165) is 11.1 Å². The summed E-state index contributed by atoms with van der Waals surface area (Å²) in [4.78, 5) is 11.0. The zero-order valence-corrected chi connectivity index (χ0v) is 18.2. The van der Waals surface area contributed by atoms with Crippen molar-refractivity contribution in [2.24, 2.45) is 0 Å². The van der Waals surface area contributed by atoms with Gasteiger partial charge in [-0.1, -0.05) is 46.9 Å². The average Bonchev–Trinajstić information content (AvgIpc) is 2.71. The summed E-state index contributed by atoms with van der Waals surface area (Å²) in [5.74, 6) is 0.103. The quantitative estimate of drug-likeness (QED) is 0.394. The predicted octanol–water partition coefficient (Wildman–Crippen LogP) is 6.54. The van der Waals surface area contributed by atoms with E-state index in [1.807, 2.05) is 24.3 Å². The van der Waals surface area contributed by atoms with Crippen molar-refractivity contribution in [1.82, 2.24) is 0 Å². The van der Waals surface area contributed by atoms with Gasteiger partial charge in [-0.2, -0.15) is 0 Å². The molecule has 3 rings (SSSR count). The fourth-order valence-corrected chi connectivity index (χ4v) is 3.46. The van der Waals surface area contributed by atoms with Crippen molar-refractivity contribution < 1.29 is 19.4 Å². The number of rotatable bonds is 8. The molecule has 0 saturated carbocycles. The molecule has 5 nitrogen and oxygen atoms in total. The van der Waals surface area contributed by atoms with Crippen LogP contribution in [0.5, 0.6) is 11.5 Å². The van der Waals surface area contributed by atoms with Gasteiger partial charge in [0.2, 0.25) is 0 Å². The minimum absolute atomic E-state index is 0.0613. The van der Waals surface area contributed by atoms with Crippen LogP contribution in [0.3, 0.4) is 0 Å². The average molecular weight is 467 g/mol. The molecule has 3 aromatic rings. The van der Waals surface area contributed by atoms with Crippen molar-refractivity contribution >= 4 is 46.5 Å². The molecule has 30 heavy (non-hydrogen) atoms. The molecule has 0 aliphatic rings. The van der Waals surface area contributed by atoms with Gasteiger partial charge in [-0.3, -0.25) is 0 Å². The van der Waals surface area contributed by atoms with Crippen LogP contribution in [-0.2, 0) is 13.2 Å². The van der Waals surface area contributed by atoms with Gasteiger partial charge in [-0.15, -0.1) is 0 Å². The van der Waals surface area contributed by atoms with Crippen LogP contribution in [-0.4, -0.2) is 18.2 Å². The van der Waals surface area contributed by atoms with E-state index in [1.165, 1.54) is 6.07 Å². The molecule has 0 aliphatic carbocycles. The molecule has 0 fully saturated rings. The van der Waals surface area contributed by atoms with Crippen LogP contribution in [0.2, 0.25) is 15.1 Å². The fourth-order valence-electron chi connectivity index (χ4n) is 2.74. The summed E-state index contributed by atoms with van der Waals surface area (Å²) in [5.41, 5.74) is 2.53. The van der Waals surface area contributed by atoms with E-state index in [2.05, 4.69) is 5.32 Å². The number of halogens is 3. The third-order valence-electron chi connectivity index (χ3n) is 4.32. The minimum Gasteiger partial charge on any atom is -0.493 e. The molecule has 0 amide bonds.